The zero-order valence-corrected chi connectivity index (χ0v) is 16.2. The van der Waals surface area contributed by atoms with Crippen LogP contribution in [0.15, 0.2) is 24.4 Å². The first-order chi connectivity index (χ1) is 13.0. The summed E-state index contributed by atoms with van der Waals surface area (Å²) in [5.41, 5.74) is 7.15. The van der Waals surface area contributed by atoms with Gasteiger partial charge in [0.2, 0.25) is 11.8 Å². The summed E-state index contributed by atoms with van der Waals surface area (Å²) in [7, 11) is 0. The summed E-state index contributed by atoms with van der Waals surface area (Å²) in [6.07, 6.45) is 4.33. The summed E-state index contributed by atoms with van der Waals surface area (Å²) in [5.74, 6) is 0.0439. The Balaban J connectivity index is 1.57. The molecule has 2 amide bonds. The van der Waals surface area contributed by atoms with Gasteiger partial charge in [-0.05, 0) is 31.4 Å². The van der Waals surface area contributed by atoms with Gasteiger partial charge in [-0.3, -0.25) is 19.5 Å². The normalized spacial score (nSPS) is 25.0. The van der Waals surface area contributed by atoms with Crippen LogP contribution in [-0.2, 0) is 16.1 Å². The van der Waals surface area contributed by atoms with E-state index in [0.29, 0.717) is 13.1 Å². The van der Waals surface area contributed by atoms with E-state index in [1.54, 1.807) is 11.8 Å². The number of nitrogens with two attached hydrogens (primary N) is 1. The molecular formula is C20H31N5O2. The molecule has 0 unspecified atom stereocenters. The van der Waals surface area contributed by atoms with E-state index in [4.69, 9.17) is 5.73 Å². The predicted octanol–water partition coefficient (Wildman–Crippen LogP) is 0.702. The van der Waals surface area contributed by atoms with E-state index >= 15 is 0 Å². The molecule has 7 heteroatoms. The van der Waals surface area contributed by atoms with E-state index < -0.39 is 0 Å². The maximum atomic E-state index is 13.1. The molecule has 2 atom stereocenters. The van der Waals surface area contributed by atoms with Crippen molar-refractivity contribution in [1.29, 1.82) is 0 Å². The minimum Gasteiger partial charge on any atom is -0.341 e. The van der Waals surface area contributed by atoms with Crippen LogP contribution in [0.25, 0.3) is 0 Å². The van der Waals surface area contributed by atoms with Crippen LogP contribution < -0.4 is 5.73 Å². The first kappa shape index (κ1) is 19.8. The Kier molecular flexibility index (Phi) is 6.79. The van der Waals surface area contributed by atoms with Gasteiger partial charge >= 0.3 is 0 Å². The minimum atomic E-state index is -0.134. The van der Waals surface area contributed by atoms with Crippen LogP contribution in [0, 0.1) is 5.92 Å². The molecule has 0 spiro atoms. The molecule has 2 aliphatic heterocycles. The van der Waals surface area contributed by atoms with Crippen LogP contribution >= 0.6 is 0 Å². The lowest BCUT2D eigenvalue weighted by Crippen LogP contribution is -2.44. The minimum absolute atomic E-state index is 0.00236. The van der Waals surface area contributed by atoms with Gasteiger partial charge in [0.25, 0.3) is 0 Å². The van der Waals surface area contributed by atoms with Crippen molar-refractivity contribution < 1.29 is 9.59 Å². The van der Waals surface area contributed by atoms with Gasteiger partial charge in [0.15, 0.2) is 0 Å². The van der Waals surface area contributed by atoms with Gasteiger partial charge in [-0.25, -0.2) is 0 Å². The summed E-state index contributed by atoms with van der Waals surface area (Å²) in [6, 6.07) is 5.94. The molecule has 0 aliphatic carbocycles. The summed E-state index contributed by atoms with van der Waals surface area (Å²) in [5, 5.41) is 0. The van der Waals surface area contributed by atoms with Crippen LogP contribution in [-0.4, -0.2) is 76.8 Å². The number of hydrogen-bond donors (Lipinski definition) is 1. The fourth-order valence-electron chi connectivity index (χ4n) is 4.01. The number of amides is 2. The van der Waals surface area contributed by atoms with Crippen LogP contribution in [0.5, 0.6) is 0 Å². The van der Waals surface area contributed by atoms with Crippen molar-refractivity contribution in [3.05, 3.63) is 30.1 Å². The molecule has 0 bridgehead atoms. The van der Waals surface area contributed by atoms with E-state index in [9.17, 15) is 9.59 Å². The fourth-order valence-corrected chi connectivity index (χ4v) is 4.01. The van der Waals surface area contributed by atoms with E-state index in [2.05, 4.69) is 9.88 Å². The molecule has 2 N–H and O–H groups in total. The second kappa shape index (κ2) is 9.28. The third kappa shape index (κ3) is 5.49. The number of carbonyl (C=O) groups is 2. The average Bonchev–Trinajstić information content (AvgIpc) is 3.01. The van der Waals surface area contributed by atoms with Gasteiger partial charge < -0.3 is 15.5 Å². The van der Waals surface area contributed by atoms with Crippen molar-refractivity contribution in [3.8, 4) is 0 Å². The van der Waals surface area contributed by atoms with E-state index in [-0.39, 0.29) is 23.8 Å². The Morgan fingerprint density at radius 3 is 2.70 bits per heavy atom. The quantitative estimate of drug-likeness (QED) is 0.843. The van der Waals surface area contributed by atoms with Crippen LogP contribution in [0.1, 0.15) is 31.9 Å². The Hall–Kier alpha value is -1.99. The van der Waals surface area contributed by atoms with Gasteiger partial charge in [-0.2, -0.15) is 0 Å². The molecule has 2 aliphatic rings. The third-order valence-electron chi connectivity index (χ3n) is 5.59. The number of rotatable bonds is 3. The van der Waals surface area contributed by atoms with Crippen LogP contribution in [0.4, 0.5) is 0 Å². The third-order valence-corrected chi connectivity index (χ3v) is 5.59. The van der Waals surface area contributed by atoms with E-state index in [0.717, 1.165) is 57.7 Å². The Labute approximate surface area is 161 Å². The van der Waals surface area contributed by atoms with Crippen molar-refractivity contribution in [2.45, 2.75) is 38.8 Å². The molecular weight excluding hydrogens is 342 g/mol. The number of aromatic nitrogens is 1. The average molecular weight is 374 g/mol. The lowest BCUT2D eigenvalue weighted by atomic mass is 10.0. The molecule has 1 aromatic rings. The number of nitrogens with zero attached hydrogens (tertiary/aromatic N) is 4. The van der Waals surface area contributed by atoms with Gasteiger partial charge in [0, 0.05) is 65.0 Å². The summed E-state index contributed by atoms with van der Waals surface area (Å²) < 4.78 is 0. The van der Waals surface area contributed by atoms with Gasteiger partial charge in [-0.15, -0.1) is 0 Å². The second-order valence-corrected chi connectivity index (χ2v) is 7.73. The highest BCUT2D eigenvalue weighted by atomic mass is 16.2. The molecule has 3 heterocycles. The Bertz CT molecular complexity index is 639. The molecule has 0 aromatic carbocycles. The van der Waals surface area contributed by atoms with E-state index in [1.165, 1.54) is 0 Å². The summed E-state index contributed by atoms with van der Waals surface area (Å²) in [4.78, 5) is 35.5. The highest BCUT2D eigenvalue weighted by Crippen LogP contribution is 2.20. The first-order valence-electron chi connectivity index (χ1n) is 9.95. The molecule has 0 saturated carbocycles. The van der Waals surface area contributed by atoms with Crippen molar-refractivity contribution in [2.24, 2.45) is 11.7 Å². The number of likely N-dealkylation sites (tertiary alicyclic amines) is 1. The molecule has 7 nitrogen and oxygen atoms in total. The summed E-state index contributed by atoms with van der Waals surface area (Å²) in [6.45, 7) is 6.75. The Morgan fingerprint density at radius 1 is 1.11 bits per heavy atom. The van der Waals surface area contributed by atoms with Gasteiger partial charge in [-0.1, -0.05) is 6.07 Å². The molecule has 1 aromatic heterocycles. The standard InChI is InChI=1S/C20H31N5O2/c1-16(26)25-13-17(6-7-18(21)14-25)20(27)24-10-4-9-23(11-12-24)15-19-5-2-3-8-22-19/h2-3,5,8,17-18H,4,6-7,9-15,21H2,1H3/t17-,18+/m1/s1. The number of hydrogen-bond acceptors (Lipinski definition) is 5. The SMILES string of the molecule is CC(=O)N1C[C@@H](N)CC[C@@H](C(=O)N2CCCN(Cc3ccccn3)CC2)C1. The van der Waals surface area contributed by atoms with Crippen molar-refractivity contribution in [1.82, 2.24) is 19.7 Å². The highest BCUT2D eigenvalue weighted by Gasteiger charge is 2.31. The fraction of sp³-hybridized carbons (Fsp3) is 0.650. The second-order valence-electron chi connectivity index (χ2n) is 7.73. The lowest BCUT2D eigenvalue weighted by Gasteiger charge is -2.28. The smallest absolute Gasteiger partial charge is 0.227 e. The van der Waals surface area contributed by atoms with Crippen molar-refractivity contribution in [3.63, 3.8) is 0 Å². The topological polar surface area (TPSA) is 82.8 Å². The molecule has 27 heavy (non-hydrogen) atoms. The number of carbonyl (C=O) groups excluding carboxylic acids is 2. The molecule has 2 fully saturated rings. The zero-order chi connectivity index (χ0) is 19.2. The van der Waals surface area contributed by atoms with Gasteiger partial charge in [0.1, 0.15) is 0 Å². The first-order valence-corrected chi connectivity index (χ1v) is 9.95. The predicted molar refractivity (Wildman–Crippen MR) is 104 cm³/mol. The largest absolute Gasteiger partial charge is 0.341 e. The van der Waals surface area contributed by atoms with Crippen LogP contribution in [0.3, 0.4) is 0 Å². The maximum Gasteiger partial charge on any atom is 0.227 e. The summed E-state index contributed by atoms with van der Waals surface area (Å²) >= 11 is 0. The van der Waals surface area contributed by atoms with Gasteiger partial charge in [0.05, 0.1) is 11.6 Å². The molecule has 0 radical (unpaired) electrons. The highest BCUT2D eigenvalue weighted by molar-refractivity contribution is 5.80. The van der Waals surface area contributed by atoms with Crippen LogP contribution in [0.2, 0.25) is 0 Å². The Morgan fingerprint density at radius 2 is 1.96 bits per heavy atom. The lowest BCUT2D eigenvalue weighted by molar-refractivity contribution is -0.137. The molecule has 3 rings (SSSR count). The monoisotopic (exact) mass is 373 g/mol. The zero-order valence-electron chi connectivity index (χ0n) is 16.2. The maximum absolute atomic E-state index is 13.1. The molecule has 2 saturated heterocycles. The van der Waals surface area contributed by atoms with E-state index in [1.807, 2.05) is 29.3 Å². The number of pyridine rings is 1. The van der Waals surface area contributed by atoms with Crippen molar-refractivity contribution >= 4 is 11.8 Å². The molecule has 148 valence electrons. The van der Waals surface area contributed by atoms with Crippen molar-refractivity contribution in [2.75, 3.05) is 39.3 Å².